The molecule has 0 saturated heterocycles. The molecule has 1 N–H and O–H groups in total. The quantitative estimate of drug-likeness (QED) is 0.452. The van der Waals surface area contributed by atoms with Gasteiger partial charge in [-0.15, -0.1) is 28.1 Å². The molecule has 146 valence electrons. The third-order valence-corrected chi connectivity index (χ3v) is 5.70. The van der Waals surface area contributed by atoms with E-state index in [1.54, 1.807) is 12.3 Å². The third kappa shape index (κ3) is 4.88. The number of rotatable bonds is 7. The normalized spacial score (nSPS) is 11.4. The molecule has 0 radical (unpaired) electrons. The summed E-state index contributed by atoms with van der Waals surface area (Å²) in [7, 11) is 0. The predicted octanol–water partition coefficient (Wildman–Crippen LogP) is 4.62. The molecule has 0 fully saturated rings. The Morgan fingerprint density at radius 2 is 2.04 bits per heavy atom. The van der Waals surface area contributed by atoms with Gasteiger partial charge in [0.2, 0.25) is 5.91 Å². The minimum Gasteiger partial charge on any atom is -0.301 e. The molecule has 3 rings (SSSR count). The molecule has 6 nitrogen and oxygen atoms in total. The molecule has 0 aliphatic carbocycles. The maximum Gasteiger partial charge on any atom is 0.236 e. The Bertz CT molecular complexity index is 940. The molecule has 1 aromatic carbocycles. The number of hydrogen-bond acceptors (Lipinski definition) is 6. The van der Waals surface area contributed by atoms with Crippen molar-refractivity contribution in [3.05, 3.63) is 54.1 Å². The van der Waals surface area contributed by atoms with E-state index in [1.165, 1.54) is 28.7 Å². The van der Waals surface area contributed by atoms with E-state index in [2.05, 4.69) is 72.1 Å². The first-order valence-electron chi connectivity index (χ1n) is 8.85. The SMILES string of the molecule is C=CCn1c(SCC(=O)Nc2nccs2)nnc1-c1ccc(C(C)(C)C)cc1. The predicted molar refractivity (Wildman–Crippen MR) is 116 cm³/mol. The molecule has 0 bridgehead atoms. The van der Waals surface area contributed by atoms with E-state index in [0.29, 0.717) is 16.8 Å². The van der Waals surface area contributed by atoms with Crippen LogP contribution in [0.15, 0.2) is 53.7 Å². The standard InChI is InChI=1S/C20H23N5OS2/c1-5-11-25-17(14-6-8-15(9-7-14)20(2,3)4)23-24-19(25)28-13-16(26)22-18-21-10-12-27-18/h5-10,12H,1,11,13H2,2-4H3,(H,21,22,26). The maximum absolute atomic E-state index is 12.1. The van der Waals surface area contributed by atoms with Gasteiger partial charge in [0.05, 0.1) is 5.75 Å². The van der Waals surface area contributed by atoms with E-state index in [0.717, 1.165) is 11.4 Å². The van der Waals surface area contributed by atoms with Crippen molar-refractivity contribution in [2.45, 2.75) is 37.9 Å². The van der Waals surface area contributed by atoms with E-state index in [1.807, 2.05) is 9.95 Å². The van der Waals surface area contributed by atoms with Gasteiger partial charge in [-0.05, 0) is 11.0 Å². The summed E-state index contributed by atoms with van der Waals surface area (Å²) in [6.07, 6.45) is 3.46. The zero-order valence-corrected chi connectivity index (χ0v) is 17.8. The van der Waals surface area contributed by atoms with Crippen molar-refractivity contribution in [1.82, 2.24) is 19.7 Å². The number of carbonyl (C=O) groups excluding carboxylic acids is 1. The first-order chi connectivity index (χ1) is 13.4. The van der Waals surface area contributed by atoms with E-state index >= 15 is 0 Å². The average molecular weight is 414 g/mol. The molecule has 0 atom stereocenters. The van der Waals surface area contributed by atoms with Gasteiger partial charge in [0, 0.05) is 23.7 Å². The summed E-state index contributed by atoms with van der Waals surface area (Å²) in [6, 6.07) is 8.37. The van der Waals surface area contributed by atoms with Gasteiger partial charge in [0.15, 0.2) is 16.1 Å². The van der Waals surface area contributed by atoms with Gasteiger partial charge in [-0.2, -0.15) is 0 Å². The number of allylic oxidation sites excluding steroid dienone is 1. The van der Waals surface area contributed by atoms with Crippen molar-refractivity contribution in [3.8, 4) is 11.4 Å². The molecular formula is C20H23N5OS2. The number of nitrogens with zero attached hydrogens (tertiary/aromatic N) is 4. The molecule has 1 amide bonds. The smallest absolute Gasteiger partial charge is 0.236 e. The maximum atomic E-state index is 12.1. The molecule has 0 aliphatic rings. The van der Waals surface area contributed by atoms with E-state index in [9.17, 15) is 4.79 Å². The fraction of sp³-hybridized carbons (Fsp3) is 0.300. The number of benzene rings is 1. The van der Waals surface area contributed by atoms with Crippen LogP contribution in [0.5, 0.6) is 0 Å². The second-order valence-electron chi connectivity index (χ2n) is 7.21. The molecule has 0 spiro atoms. The molecule has 8 heteroatoms. The van der Waals surface area contributed by atoms with Crippen LogP contribution in [0.3, 0.4) is 0 Å². The zero-order valence-electron chi connectivity index (χ0n) is 16.2. The zero-order chi connectivity index (χ0) is 20.1. The van der Waals surface area contributed by atoms with Gasteiger partial charge in [-0.25, -0.2) is 4.98 Å². The van der Waals surface area contributed by atoms with Crippen LogP contribution in [-0.2, 0) is 16.8 Å². The summed E-state index contributed by atoms with van der Waals surface area (Å²) in [5.41, 5.74) is 2.35. The van der Waals surface area contributed by atoms with Crippen molar-refractivity contribution in [2.24, 2.45) is 0 Å². The van der Waals surface area contributed by atoms with Crippen LogP contribution >= 0.6 is 23.1 Å². The second-order valence-corrected chi connectivity index (χ2v) is 9.04. The highest BCUT2D eigenvalue weighted by Gasteiger charge is 2.17. The molecule has 0 aliphatic heterocycles. The lowest BCUT2D eigenvalue weighted by molar-refractivity contribution is -0.113. The highest BCUT2D eigenvalue weighted by Crippen LogP contribution is 2.28. The summed E-state index contributed by atoms with van der Waals surface area (Å²) in [5.74, 6) is 0.880. The minimum absolute atomic E-state index is 0.0963. The van der Waals surface area contributed by atoms with Gasteiger partial charge in [-0.1, -0.05) is 62.9 Å². The number of anilines is 1. The topological polar surface area (TPSA) is 72.7 Å². The molecular weight excluding hydrogens is 390 g/mol. The van der Waals surface area contributed by atoms with Gasteiger partial charge in [-0.3, -0.25) is 9.36 Å². The molecule has 0 saturated carbocycles. The molecule has 3 aromatic rings. The van der Waals surface area contributed by atoms with Crippen molar-refractivity contribution in [1.29, 1.82) is 0 Å². The molecule has 28 heavy (non-hydrogen) atoms. The van der Waals surface area contributed by atoms with Crippen molar-refractivity contribution in [2.75, 3.05) is 11.1 Å². The van der Waals surface area contributed by atoms with Crippen LogP contribution in [0.4, 0.5) is 5.13 Å². The highest BCUT2D eigenvalue weighted by molar-refractivity contribution is 7.99. The first kappa shape index (κ1) is 20.3. The summed E-state index contributed by atoms with van der Waals surface area (Å²) >= 11 is 2.74. The number of carbonyl (C=O) groups is 1. The monoisotopic (exact) mass is 413 g/mol. The van der Waals surface area contributed by atoms with Crippen molar-refractivity contribution >= 4 is 34.1 Å². The number of thioether (sulfide) groups is 1. The van der Waals surface area contributed by atoms with Gasteiger partial charge in [0.1, 0.15) is 0 Å². The summed E-state index contributed by atoms with van der Waals surface area (Å²) < 4.78 is 1.97. The average Bonchev–Trinajstić information content (AvgIpc) is 3.30. The summed E-state index contributed by atoms with van der Waals surface area (Å²) in [6.45, 7) is 11.0. The summed E-state index contributed by atoms with van der Waals surface area (Å²) in [4.78, 5) is 16.2. The third-order valence-electron chi connectivity index (χ3n) is 4.05. The van der Waals surface area contributed by atoms with Crippen molar-refractivity contribution in [3.63, 3.8) is 0 Å². The van der Waals surface area contributed by atoms with E-state index in [-0.39, 0.29) is 17.1 Å². The van der Waals surface area contributed by atoms with Crippen LogP contribution in [0.2, 0.25) is 0 Å². The molecule has 2 heterocycles. The Hall–Kier alpha value is -2.45. The Morgan fingerprint density at radius 1 is 1.29 bits per heavy atom. The molecule has 2 aromatic heterocycles. The van der Waals surface area contributed by atoms with Crippen LogP contribution < -0.4 is 5.32 Å². The molecule has 0 unspecified atom stereocenters. The van der Waals surface area contributed by atoms with Crippen LogP contribution in [-0.4, -0.2) is 31.4 Å². The van der Waals surface area contributed by atoms with E-state index < -0.39 is 0 Å². The van der Waals surface area contributed by atoms with Gasteiger partial charge >= 0.3 is 0 Å². The Kier molecular flexibility index (Phi) is 6.31. The fourth-order valence-corrected chi connectivity index (χ4v) is 3.89. The first-order valence-corrected chi connectivity index (χ1v) is 10.7. The van der Waals surface area contributed by atoms with Crippen LogP contribution in [0.1, 0.15) is 26.3 Å². The lowest BCUT2D eigenvalue weighted by Crippen LogP contribution is -2.14. The fourth-order valence-electron chi connectivity index (χ4n) is 2.59. The number of amides is 1. The second kappa shape index (κ2) is 8.70. The minimum atomic E-state index is -0.121. The largest absolute Gasteiger partial charge is 0.301 e. The lowest BCUT2D eigenvalue weighted by Gasteiger charge is -2.19. The highest BCUT2D eigenvalue weighted by atomic mass is 32.2. The number of aromatic nitrogens is 4. The van der Waals surface area contributed by atoms with Crippen LogP contribution in [0.25, 0.3) is 11.4 Å². The van der Waals surface area contributed by atoms with Crippen LogP contribution in [0, 0.1) is 0 Å². The number of nitrogens with one attached hydrogen (secondary N) is 1. The van der Waals surface area contributed by atoms with E-state index in [4.69, 9.17) is 0 Å². The van der Waals surface area contributed by atoms with Gasteiger partial charge < -0.3 is 5.32 Å². The lowest BCUT2D eigenvalue weighted by atomic mass is 9.87. The van der Waals surface area contributed by atoms with Gasteiger partial charge in [0.25, 0.3) is 0 Å². The van der Waals surface area contributed by atoms with Crippen molar-refractivity contribution < 1.29 is 4.79 Å². The Balaban J connectivity index is 1.76. The number of thiazole rings is 1. The Labute approximate surface area is 173 Å². The Morgan fingerprint density at radius 3 is 2.64 bits per heavy atom. The summed E-state index contributed by atoms with van der Waals surface area (Å²) in [5, 5.41) is 14.5. The number of hydrogen-bond donors (Lipinski definition) is 1.